The summed E-state index contributed by atoms with van der Waals surface area (Å²) < 4.78 is 25.1. The molecule has 0 saturated heterocycles. The summed E-state index contributed by atoms with van der Waals surface area (Å²) in [6, 6.07) is 20.4. The summed E-state index contributed by atoms with van der Waals surface area (Å²) >= 11 is 6.26. The van der Waals surface area contributed by atoms with Crippen molar-refractivity contribution in [2.75, 3.05) is 13.2 Å². The van der Waals surface area contributed by atoms with Crippen LogP contribution in [0.15, 0.2) is 60.7 Å². The van der Waals surface area contributed by atoms with Crippen LogP contribution in [-0.4, -0.2) is 23.0 Å². The molecular formula is C42H51O5PS4. The Morgan fingerprint density at radius 3 is 1.54 bits per heavy atom. The second-order valence-electron chi connectivity index (χ2n) is 12.9. The zero-order chi connectivity index (χ0) is 36.8. The number of hydrogen-bond acceptors (Lipinski definition) is 7. The Labute approximate surface area is 326 Å². The lowest BCUT2D eigenvalue weighted by molar-refractivity contribution is 0.299. The highest BCUT2D eigenvalue weighted by atomic mass is 32.1. The van der Waals surface area contributed by atoms with Crippen LogP contribution in [-0.2, 0) is 4.57 Å². The van der Waals surface area contributed by atoms with Crippen molar-refractivity contribution in [3.05, 3.63) is 65.5 Å². The maximum absolute atomic E-state index is 11.9. The summed E-state index contributed by atoms with van der Waals surface area (Å²) in [7, 11) is -4.30. The average molecular weight is 795 g/mol. The molecule has 0 spiro atoms. The van der Waals surface area contributed by atoms with Gasteiger partial charge in [0, 0.05) is 46.8 Å². The summed E-state index contributed by atoms with van der Waals surface area (Å²) in [5.41, 5.74) is 2.00. The van der Waals surface area contributed by atoms with Crippen LogP contribution in [0, 0.1) is 11.8 Å². The molecule has 1 aromatic carbocycles. The zero-order valence-electron chi connectivity index (χ0n) is 30.6. The predicted octanol–water partition coefficient (Wildman–Crippen LogP) is 13.6. The van der Waals surface area contributed by atoms with Crippen molar-refractivity contribution in [2.45, 2.75) is 104 Å². The first-order valence-electron chi connectivity index (χ1n) is 18.7. The summed E-state index contributed by atoms with van der Waals surface area (Å²) in [6.07, 6.45) is 14.9. The predicted molar refractivity (Wildman–Crippen MR) is 226 cm³/mol. The van der Waals surface area contributed by atoms with Gasteiger partial charge in [0.05, 0.1) is 18.1 Å². The Balaban J connectivity index is 1.47. The molecule has 4 aromatic heterocycles. The SMILES string of the molecule is CCCCCCC#Cc1ccc(-c2ccc(-c3cc(OCCCCCC)c(-c4ccc(-c5ccc(P(=O)(O)O)s5)s4)cc3OCCCCCC)s2)s1. The van der Waals surface area contributed by atoms with Gasteiger partial charge < -0.3 is 19.3 Å². The summed E-state index contributed by atoms with van der Waals surface area (Å²) in [6.45, 7) is 7.94. The topological polar surface area (TPSA) is 76.0 Å². The Bertz CT molecular complexity index is 1950. The Morgan fingerprint density at radius 1 is 0.558 bits per heavy atom. The Morgan fingerprint density at radius 2 is 1.02 bits per heavy atom. The van der Waals surface area contributed by atoms with Gasteiger partial charge in [0.1, 0.15) is 16.1 Å². The number of unbranched alkanes of at least 4 members (excludes halogenated alkanes) is 10. The summed E-state index contributed by atoms with van der Waals surface area (Å²) in [4.78, 5) is 26.9. The van der Waals surface area contributed by atoms with Gasteiger partial charge in [-0.05, 0) is 79.9 Å². The highest BCUT2D eigenvalue weighted by molar-refractivity contribution is 7.67. The van der Waals surface area contributed by atoms with Gasteiger partial charge in [-0.1, -0.05) is 90.4 Å². The monoisotopic (exact) mass is 794 g/mol. The van der Waals surface area contributed by atoms with E-state index in [-0.39, 0.29) is 4.62 Å². The van der Waals surface area contributed by atoms with Crippen molar-refractivity contribution in [2.24, 2.45) is 0 Å². The second-order valence-corrected chi connectivity index (χ2v) is 19.2. The molecular weight excluding hydrogens is 744 g/mol. The third-order valence-corrected chi connectivity index (χ3v) is 14.9. The normalized spacial score (nSPS) is 11.5. The second kappa shape index (κ2) is 20.7. The lowest BCUT2D eigenvalue weighted by Crippen LogP contribution is -2.02. The van der Waals surface area contributed by atoms with Gasteiger partial charge in [-0.25, -0.2) is 0 Å². The maximum atomic E-state index is 11.9. The van der Waals surface area contributed by atoms with Crippen LogP contribution >= 0.6 is 52.9 Å². The number of benzene rings is 1. The van der Waals surface area contributed by atoms with Crippen LogP contribution in [0.5, 0.6) is 11.5 Å². The quantitative estimate of drug-likeness (QED) is 0.0439. The van der Waals surface area contributed by atoms with Crippen LogP contribution in [0.1, 0.15) is 109 Å². The van der Waals surface area contributed by atoms with E-state index in [0.29, 0.717) is 13.2 Å². The minimum Gasteiger partial charge on any atom is -0.493 e. The fourth-order valence-corrected chi connectivity index (χ4v) is 10.7. The van der Waals surface area contributed by atoms with Gasteiger partial charge in [-0.15, -0.1) is 45.3 Å². The Kier molecular flexibility index (Phi) is 16.1. The number of rotatable bonds is 21. The molecule has 52 heavy (non-hydrogen) atoms. The van der Waals surface area contributed by atoms with E-state index in [0.717, 1.165) is 90.5 Å². The van der Waals surface area contributed by atoms with E-state index in [9.17, 15) is 14.4 Å². The van der Waals surface area contributed by atoms with Gasteiger partial charge >= 0.3 is 7.60 Å². The van der Waals surface area contributed by atoms with E-state index in [2.05, 4.69) is 75.1 Å². The van der Waals surface area contributed by atoms with Crippen LogP contribution < -0.4 is 14.1 Å². The first kappa shape index (κ1) is 40.5. The molecule has 5 rings (SSSR count). The fraction of sp³-hybridized carbons (Fsp3) is 0.429. The minimum atomic E-state index is -4.30. The van der Waals surface area contributed by atoms with Gasteiger partial charge in [0.2, 0.25) is 0 Å². The molecule has 0 radical (unpaired) electrons. The molecule has 0 fully saturated rings. The lowest BCUT2D eigenvalue weighted by Gasteiger charge is -2.17. The van der Waals surface area contributed by atoms with Crippen molar-refractivity contribution in [1.29, 1.82) is 0 Å². The van der Waals surface area contributed by atoms with Crippen LogP contribution in [0.3, 0.4) is 0 Å². The van der Waals surface area contributed by atoms with Crippen molar-refractivity contribution in [1.82, 2.24) is 0 Å². The highest BCUT2D eigenvalue weighted by Crippen LogP contribution is 2.48. The molecule has 0 amide bonds. The number of thiophene rings is 4. The van der Waals surface area contributed by atoms with Gasteiger partial charge in [0.25, 0.3) is 0 Å². The molecule has 0 saturated carbocycles. The third-order valence-electron chi connectivity index (χ3n) is 8.67. The molecule has 0 atom stereocenters. The molecule has 2 N–H and O–H groups in total. The number of hydrogen-bond donors (Lipinski definition) is 2. The third kappa shape index (κ3) is 11.7. The smallest absolute Gasteiger partial charge is 0.366 e. The molecule has 0 aliphatic rings. The van der Waals surface area contributed by atoms with Gasteiger partial charge in [-0.2, -0.15) is 0 Å². The first-order valence-corrected chi connectivity index (χ1v) is 23.6. The largest absolute Gasteiger partial charge is 0.493 e. The van der Waals surface area contributed by atoms with E-state index in [1.807, 2.05) is 6.07 Å². The van der Waals surface area contributed by atoms with E-state index < -0.39 is 7.60 Å². The van der Waals surface area contributed by atoms with Crippen LogP contribution in [0.2, 0.25) is 0 Å². The van der Waals surface area contributed by atoms with E-state index in [4.69, 9.17) is 9.47 Å². The molecule has 4 heterocycles. The molecule has 5 nitrogen and oxygen atoms in total. The van der Waals surface area contributed by atoms with E-state index in [1.165, 1.54) is 67.2 Å². The molecule has 0 bridgehead atoms. The van der Waals surface area contributed by atoms with Gasteiger partial charge in [-0.3, -0.25) is 4.57 Å². The Hall–Kier alpha value is -2.67. The van der Waals surface area contributed by atoms with E-state index in [1.54, 1.807) is 40.1 Å². The standard InChI is InChI=1S/C42H51O5PS4/c1-4-7-10-13-14-15-18-31-19-20-38(49-31)39-23-21-36(50-39)32-29-35(47-28-17-12-9-6-3)33(30-34(32)46-27-16-11-8-5-2)37-22-24-40(51-37)41-25-26-42(52-41)48(43,44)45/h19-26,29-30H,4-14,16-17,27-28H2,1-3H3,(H2,43,44,45). The van der Waals surface area contributed by atoms with Gasteiger partial charge in [0.15, 0.2) is 0 Å². The first-order chi connectivity index (χ1) is 25.3. The molecule has 5 aromatic rings. The zero-order valence-corrected chi connectivity index (χ0v) is 34.7. The molecule has 0 aliphatic heterocycles. The molecule has 10 heteroatoms. The minimum absolute atomic E-state index is 0.0801. The molecule has 0 unspecified atom stereocenters. The van der Waals surface area contributed by atoms with Crippen molar-refractivity contribution < 1.29 is 23.8 Å². The van der Waals surface area contributed by atoms with Crippen molar-refractivity contribution in [3.63, 3.8) is 0 Å². The average Bonchev–Trinajstić information content (AvgIpc) is 3.96. The number of ether oxygens (including phenoxy) is 2. The van der Waals surface area contributed by atoms with Crippen LogP contribution in [0.4, 0.5) is 0 Å². The lowest BCUT2D eigenvalue weighted by atomic mass is 10.1. The molecule has 278 valence electrons. The van der Waals surface area contributed by atoms with Crippen LogP contribution in [0.25, 0.3) is 40.4 Å². The fourth-order valence-electron chi connectivity index (χ4n) is 5.78. The maximum Gasteiger partial charge on any atom is 0.366 e. The van der Waals surface area contributed by atoms with Crippen molar-refractivity contribution >= 4 is 57.6 Å². The van der Waals surface area contributed by atoms with Crippen molar-refractivity contribution in [3.8, 4) is 63.7 Å². The summed E-state index contributed by atoms with van der Waals surface area (Å²) in [5.74, 6) is 8.42. The molecule has 0 aliphatic carbocycles. The van der Waals surface area contributed by atoms with E-state index >= 15 is 0 Å². The summed E-state index contributed by atoms with van der Waals surface area (Å²) in [5, 5.41) is 0. The highest BCUT2D eigenvalue weighted by Gasteiger charge is 2.22.